The first-order valence-electron chi connectivity index (χ1n) is 3.93. The summed E-state index contributed by atoms with van der Waals surface area (Å²) in [5.41, 5.74) is 2.21. The average Bonchev–Trinajstić information content (AvgIpc) is 2.86. The van der Waals surface area contributed by atoms with E-state index in [0.717, 1.165) is 17.7 Å². The highest BCUT2D eigenvalue weighted by Crippen LogP contribution is 2.30. The highest BCUT2D eigenvalue weighted by atomic mass is 16.6. The SMILES string of the molecule is COc1ncc(C2CO2)cc1C. The van der Waals surface area contributed by atoms with Crippen LogP contribution in [-0.2, 0) is 4.74 Å². The van der Waals surface area contributed by atoms with Gasteiger partial charge in [0.1, 0.15) is 6.10 Å². The van der Waals surface area contributed by atoms with Crippen LogP contribution in [-0.4, -0.2) is 18.7 Å². The van der Waals surface area contributed by atoms with Crippen LogP contribution in [0.25, 0.3) is 0 Å². The molecular formula is C9H11NO2. The van der Waals surface area contributed by atoms with Crippen molar-refractivity contribution in [3.05, 3.63) is 23.4 Å². The lowest BCUT2D eigenvalue weighted by Gasteiger charge is -2.03. The molecule has 1 atom stereocenters. The summed E-state index contributed by atoms with van der Waals surface area (Å²) in [7, 11) is 1.63. The molecule has 0 aliphatic carbocycles. The molecule has 1 aromatic rings. The Labute approximate surface area is 71.3 Å². The van der Waals surface area contributed by atoms with Crippen LogP contribution in [0.5, 0.6) is 5.88 Å². The zero-order valence-electron chi connectivity index (χ0n) is 7.20. The van der Waals surface area contributed by atoms with Crippen molar-refractivity contribution < 1.29 is 9.47 Å². The van der Waals surface area contributed by atoms with Crippen molar-refractivity contribution in [3.8, 4) is 5.88 Å². The van der Waals surface area contributed by atoms with Gasteiger partial charge in [-0.25, -0.2) is 4.98 Å². The van der Waals surface area contributed by atoms with Gasteiger partial charge in [-0.15, -0.1) is 0 Å². The molecule has 1 aliphatic rings. The Morgan fingerprint density at radius 2 is 2.42 bits per heavy atom. The summed E-state index contributed by atoms with van der Waals surface area (Å²) in [6.07, 6.45) is 2.09. The molecule has 0 saturated carbocycles. The Morgan fingerprint density at radius 1 is 1.67 bits per heavy atom. The molecule has 1 fully saturated rings. The van der Waals surface area contributed by atoms with E-state index < -0.39 is 0 Å². The van der Waals surface area contributed by atoms with Crippen molar-refractivity contribution in [2.24, 2.45) is 0 Å². The van der Waals surface area contributed by atoms with Crippen molar-refractivity contribution in [1.29, 1.82) is 0 Å². The van der Waals surface area contributed by atoms with Gasteiger partial charge in [-0.1, -0.05) is 0 Å². The smallest absolute Gasteiger partial charge is 0.215 e. The van der Waals surface area contributed by atoms with Gasteiger partial charge >= 0.3 is 0 Å². The summed E-state index contributed by atoms with van der Waals surface area (Å²) in [6, 6.07) is 2.06. The van der Waals surface area contributed by atoms with E-state index in [0.29, 0.717) is 5.88 Å². The Morgan fingerprint density at radius 3 is 2.92 bits per heavy atom. The van der Waals surface area contributed by atoms with Crippen LogP contribution in [0.4, 0.5) is 0 Å². The van der Waals surface area contributed by atoms with Crippen LogP contribution in [0.2, 0.25) is 0 Å². The molecular weight excluding hydrogens is 154 g/mol. The van der Waals surface area contributed by atoms with Crippen molar-refractivity contribution in [1.82, 2.24) is 4.98 Å². The van der Waals surface area contributed by atoms with Crippen molar-refractivity contribution in [3.63, 3.8) is 0 Å². The third-order valence-electron chi connectivity index (χ3n) is 1.95. The molecule has 64 valence electrons. The van der Waals surface area contributed by atoms with E-state index in [2.05, 4.69) is 11.1 Å². The molecule has 3 heteroatoms. The molecule has 0 aromatic carbocycles. The van der Waals surface area contributed by atoms with Gasteiger partial charge in [-0.05, 0) is 13.0 Å². The van der Waals surface area contributed by atoms with Crippen molar-refractivity contribution in [2.45, 2.75) is 13.0 Å². The monoisotopic (exact) mass is 165 g/mol. The summed E-state index contributed by atoms with van der Waals surface area (Å²) < 4.78 is 10.2. The molecule has 1 saturated heterocycles. The molecule has 0 radical (unpaired) electrons. The summed E-state index contributed by atoms with van der Waals surface area (Å²) in [5.74, 6) is 0.694. The fourth-order valence-electron chi connectivity index (χ4n) is 1.21. The number of aryl methyl sites for hydroxylation is 1. The van der Waals surface area contributed by atoms with Gasteiger partial charge in [0.15, 0.2) is 0 Å². The highest BCUT2D eigenvalue weighted by molar-refractivity contribution is 5.30. The van der Waals surface area contributed by atoms with Crippen LogP contribution in [0.15, 0.2) is 12.3 Å². The maximum atomic E-state index is 5.14. The van der Waals surface area contributed by atoms with Gasteiger partial charge in [0, 0.05) is 17.3 Å². The Bertz CT molecular complexity index is 295. The van der Waals surface area contributed by atoms with Gasteiger partial charge in [0.2, 0.25) is 5.88 Å². The minimum absolute atomic E-state index is 0.280. The van der Waals surface area contributed by atoms with Crippen LogP contribution in [0.1, 0.15) is 17.2 Å². The molecule has 1 aliphatic heterocycles. The highest BCUT2D eigenvalue weighted by Gasteiger charge is 2.25. The molecule has 12 heavy (non-hydrogen) atoms. The molecule has 1 aromatic heterocycles. The van der Waals surface area contributed by atoms with Crippen molar-refractivity contribution >= 4 is 0 Å². The van der Waals surface area contributed by atoms with E-state index in [9.17, 15) is 0 Å². The predicted molar refractivity (Wildman–Crippen MR) is 44.2 cm³/mol. The summed E-state index contributed by atoms with van der Waals surface area (Å²) in [6.45, 7) is 2.81. The fraction of sp³-hybridized carbons (Fsp3) is 0.444. The second-order valence-electron chi connectivity index (χ2n) is 2.92. The normalized spacial score (nSPS) is 20.7. The molecule has 2 heterocycles. The summed E-state index contributed by atoms with van der Waals surface area (Å²) in [5, 5.41) is 0. The number of methoxy groups -OCH3 is 1. The first kappa shape index (κ1) is 7.55. The Balaban J connectivity index is 2.30. The number of ether oxygens (including phenoxy) is 2. The molecule has 0 spiro atoms. The van der Waals surface area contributed by atoms with Crippen molar-refractivity contribution in [2.75, 3.05) is 13.7 Å². The maximum Gasteiger partial charge on any atom is 0.215 e. The number of rotatable bonds is 2. The zero-order chi connectivity index (χ0) is 8.55. The number of pyridine rings is 1. The molecule has 0 bridgehead atoms. The minimum Gasteiger partial charge on any atom is -0.481 e. The number of hydrogen-bond acceptors (Lipinski definition) is 3. The van der Waals surface area contributed by atoms with Crippen LogP contribution in [0, 0.1) is 6.92 Å². The van der Waals surface area contributed by atoms with Crippen LogP contribution in [0.3, 0.4) is 0 Å². The molecule has 3 nitrogen and oxygen atoms in total. The molecule has 0 amide bonds. The van der Waals surface area contributed by atoms with E-state index in [1.54, 1.807) is 7.11 Å². The zero-order valence-corrected chi connectivity index (χ0v) is 7.20. The first-order valence-corrected chi connectivity index (χ1v) is 3.93. The number of nitrogens with zero attached hydrogens (tertiary/aromatic N) is 1. The largest absolute Gasteiger partial charge is 0.481 e. The van der Waals surface area contributed by atoms with E-state index in [4.69, 9.17) is 9.47 Å². The number of aromatic nitrogens is 1. The van der Waals surface area contributed by atoms with Gasteiger partial charge in [0.25, 0.3) is 0 Å². The topological polar surface area (TPSA) is 34.6 Å². The van der Waals surface area contributed by atoms with Crippen LogP contribution < -0.4 is 4.74 Å². The third-order valence-corrected chi connectivity index (χ3v) is 1.95. The Kier molecular flexibility index (Phi) is 1.73. The van der Waals surface area contributed by atoms with Gasteiger partial charge in [-0.3, -0.25) is 0 Å². The average molecular weight is 165 g/mol. The number of epoxide rings is 1. The van der Waals surface area contributed by atoms with Gasteiger partial charge in [-0.2, -0.15) is 0 Å². The lowest BCUT2D eigenvalue weighted by molar-refractivity contribution is 0.391. The molecule has 1 unspecified atom stereocenters. The molecule has 2 rings (SSSR count). The summed E-state index contributed by atoms with van der Waals surface area (Å²) >= 11 is 0. The van der Waals surface area contributed by atoms with E-state index in [1.807, 2.05) is 13.1 Å². The fourth-order valence-corrected chi connectivity index (χ4v) is 1.21. The third kappa shape index (κ3) is 1.28. The Hall–Kier alpha value is -1.09. The van der Waals surface area contributed by atoms with E-state index in [-0.39, 0.29) is 6.10 Å². The first-order chi connectivity index (χ1) is 5.81. The predicted octanol–water partition coefficient (Wildman–Crippen LogP) is 1.47. The second-order valence-corrected chi connectivity index (χ2v) is 2.92. The lowest BCUT2D eigenvalue weighted by Crippen LogP contribution is -1.93. The van der Waals surface area contributed by atoms with Crippen LogP contribution >= 0.6 is 0 Å². The summed E-state index contributed by atoms with van der Waals surface area (Å²) in [4.78, 5) is 4.16. The quantitative estimate of drug-likeness (QED) is 0.622. The minimum atomic E-state index is 0.280. The second kappa shape index (κ2) is 2.75. The van der Waals surface area contributed by atoms with E-state index >= 15 is 0 Å². The maximum absolute atomic E-state index is 5.14. The van der Waals surface area contributed by atoms with Gasteiger partial charge in [0.05, 0.1) is 13.7 Å². The van der Waals surface area contributed by atoms with E-state index in [1.165, 1.54) is 0 Å². The lowest BCUT2D eigenvalue weighted by atomic mass is 10.2. The van der Waals surface area contributed by atoms with Gasteiger partial charge < -0.3 is 9.47 Å². The standard InChI is InChI=1S/C9H11NO2/c1-6-3-7(8-5-12-8)4-10-9(6)11-2/h3-4,8H,5H2,1-2H3. The number of hydrogen-bond donors (Lipinski definition) is 0. The molecule has 0 N–H and O–H groups in total.